The average molecular weight is 248 g/mol. The Bertz CT molecular complexity index is 649. The standard InChI is InChI=1S/C16H12N2O/c17-11-14(10-12-6-8-15(18)9-7-12)16(19)13-4-2-1-3-5-13/h1-10H,18H2/b14-10-. The lowest BCUT2D eigenvalue weighted by molar-refractivity contribution is 0.104. The third-order valence-corrected chi connectivity index (χ3v) is 2.65. The van der Waals surface area contributed by atoms with Gasteiger partial charge in [-0.1, -0.05) is 42.5 Å². The number of hydrogen-bond donors (Lipinski definition) is 1. The summed E-state index contributed by atoms with van der Waals surface area (Å²) in [5, 5.41) is 9.11. The topological polar surface area (TPSA) is 66.9 Å². The van der Waals surface area contributed by atoms with E-state index in [0.29, 0.717) is 11.3 Å². The molecule has 2 N–H and O–H groups in total. The van der Waals surface area contributed by atoms with E-state index in [0.717, 1.165) is 5.56 Å². The van der Waals surface area contributed by atoms with E-state index in [1.807, 2.05) is 12.1 Å². The molecule has 3 heteroatoms. The van der Waals surface area contributed by atoms with Crippen LogP contribution in [0.3, 0.4) is 0 Å². The van der Waals surface area contributed by atoms with Crippen molar-refractivity contribution in [2.75, 3.05) is 5.73 Å². The van der Waals surface area contributed by atoms with Gasteiger partial charge in [0.1, 0.15) is 11.6 Å². The van der Waals surface area contributed by atoms with Crippen molar-refractivity contribution in [2.45, 2.75) is 0 Å². The zero-order chi connectivity index (χ0) is 13.7. The summed E-state index contributed by atoms with van der Waals surface area (Å²) in [5.74, 6) is -0.278. The lowest BCUT2D eigenvalue weighted by Crippen LogP contribution is -2.01. The van der Waals surface area contributed by atoms with Crippen LogP contribution in [0.1, 0.15) is 15.9 Å². The summed E-state index contributed by atoms with van der Waals surface area (Å²) in [4.78, 5) is 12.1. The summed E-state index contributed by atoms with van der Waals surface area (Å²) < 4.78 is 0. The molecule has 2 aromatic carbocycles. The van der Waals surface area contributed by atoms with Crippen LogP contribution in [0.5, 0.6) is 0 Å². The molecule has 0 aliphatic carbocycles. The Kier molecular flexibility index (Phi) is 3.75. The predicted octanol–water partition coefficient (Wildman–Crippen LogP) is 3.06. The molecule has 0 saturated heterocycles. The number of ketones is 1. The summed E-state index contributed by atoms with van der Waals surface area (Å²) in [6.45, 7) is 0. The Balaban J connectivity index is 2.33. The highest BCUT2D eigenvalue weighted by atomic mass is 16.1. The second-order valence-electron chi connectivity index (χ2n) is 4.03. The van der Waals surface area contributed by atoms with Crippen molar-refractivity contribution in [1.29, 1.82) is 5.26 Å². The molecule has 0 aliphatic heterocycles. The molecule has 2 rings (SSSR count). The Morgan fingerprint density at radius 1 is 1.05 bits per heavy atom. The van der Waals surface area contributed by atoms with E-state index < -0.39 is 0 Å². The smallest absolute Gasteiger partial charge is 0.203 e. The molecule has 0 amide bonds. The van der Waals surface area contributed by atoms with E-state index in [1.54, 1.807) is 54.6 Å². The second-order valence-corrected chi connectivity index (χ2v) is 4.03. The van der Waals surface area contributed by atoms with Gasteiger partial charge in [-0.05, 0) is 23.8 Å². The van der Waals surface area contributed by atoms with E-state index in [2.05, 4.69) is 0 Å². The van der Waals surface area contributed by atoms with Crippen molar-refractivity contribution in [1.82, 2.24) is 0 Å². The number of nitriles is 1. The van der Waals surface area contributed by atoms with Crippen molar-refractivity contribution >= 4 is 17.5 Å². The van der Waals surface area contributed by atoms with Crippen LogP contribution in [0.2, 0.25) is 0 Å². The van der Waals surface area contributed by atoms with Crippen molar-refractivity contribution in [3.63, 3.8) is 0 Å². The van der Waals surface area contributed by atoms with Crippen molar-refractivity contribution < 1.29 is 4.79 Å². The fraction of sp³-hybridized carbons (Fsp3) is 0. The highest BCUT2D eigenvalue weighted by molar-refractivity contribution is 6.14. The number of nitrogen functional groups attached to an aromatic ring is 1. The van der Waals surface area contributed by atoms with Gasteiger partial charge in [0, 0.05) is 11.3 Å². The van der Waals surface area contributed by atoms with Crippen LogP contribution in [-0.2, 0) is 0 Å². The van der Waals surface area contributed by atoms with Crippen molar-refractivity contribution in [3.05, 3.63) is 71.3 Å². The molecule has 0 unspecified atom stereocenters. The number of allylic oxidation sites excluding steroid dienone is 1. The summed E-state index contributed by atoms with van der Waals surface area (Å²) >= 11 is 0. The highest BCUT2D eigenvalue weighted by Gasteiger charge is 2.11. The maximum atomic E-state index is 12.1. The maximum Gasteiger partial charge on any atom is 0.203 e. The van der Waals surface area contributed by atoms with Gasteiger partial charge in [0.15, 0.2) is 0 Å². The number of anilines is 1. The quantitative estimate of drug-likeness (QED) is 0.393. The van der Waals surface area contributed by atoms with Gasteiger partial charge < -0.3 is 5.73 Å². The second kappa shape index (κ2) is 5.65. The van der Waals surface area contributed by atoms with E-state index >= 15 is 0 Å². The Morgan fingerprint density at radius 3 is 2.26 bits per heavy atom. The first-order chi connectivity index (χ1) is 9.20. The largest absolute Gasteiger partial charge is 0.399 e. The van der Waals surface area contributed by atoms with Crippen LogP contribution >= 0.6 is 0 Å². The van der Waals surface area contributed by atoms with Gasteiger partial charge in [-0.25, -0.2) is 0 Å². The van der Waals surface area contributed by atoms with Crippen LogP contribution < -0.4 is 5.73 Å². The monoisotopic (exact) mass is 248 g/mol. The third kappa shape index (κ3) is 3.08. The molecule has 0 aromatic heterocycles. The normalized spacial score (nSPS) is 10.8. The molecule has 2 aromatic rings. The molecule has 0 saturated carbocycles. The Labute approximate surface area is 111 Å². The molecule has 0 heterocycles. The Morgan fingerprint density at radius 2 is 1.68 bits per heavy atom. The lowest BCUT2D eigenvalue weighted by atomic mass is 10.0. The van der Waals surface area contributed by atoms with Crippen LogP contribution in [0.15, 0.2) is 60.2 Å². The summed E-state index contributed by atoms with van der Waals surface area (Å²) in [7, 11) is 0. The van der Waals surface area contributed by atoms with Gasteiger partial charge in [0.25, 0.3) is 0 Å². The fourth-order valence-electron chi connectivity index (χ4n) is 1.65. The van der Waals surface area contributed by atoms with Gasteiger partial charge in [-0.15, -0.1) is 0 Å². The van der Waals surface area contributed by atoms with Crippen molar-refractivity contribution in [3.8, 4) is 6.07 Å². The van der Waals surface area contributed by atoms with Crippen LogP contribution in [0, 0.1) is 11.3 Å². The first kappa shape index (κ1) is 12.6. The van der Waals surface area contributed by atoms with Gasteiger partial charge in [0.2, 0.25) is 5.78 Å². The number of rotatable bonds is 3. The maximum absolute atomic E-state index is 12.1. The molecule has 0 atom stereocenters. The summed E-state index contributed by atoms with van der Waals surface area (Å²) in [6, 6.07) is 17.7. The van der Waals surface area contributed by atoms with Crippen molar-refractivity contribution in [2.24, 2.45) is 0 Å². The first-order valence-electron chi connectivity index (χ1n) is 5.78. The number of carbonyl (C=O) groups is 1. The van der Waals surface area contributed by atoms with E-state index in [4.69, 9.17) is 11.0 Å². The number of benzene rings is 2. The molecular formula is C16H12N2O. The first-order valence-corrected chi connectivity index (χ1v) is 5.78. The SMILES string of the molecule is N#C/C(=C/c1ccc(N)cc1)C(=O)c1ccccc1. The minimum atomic E-state index is -0.278. The summed E-state index contributed by atoms with van der Waals surface area (Å²) in [6.07, 6.45) is 1.56. The van der Waals surface area contributed by atoms with E-state index in [1.165, 1.54) is 0 Å². The van der Waals surface area contributed by atoms with Gasteiger partial charge >= 0.3 is 0 Å². The number of Topliss-reactive ketones (excluding diaryl/α,β-unsaturated/α-hetero) is 1. The van der Waals surface area contributed by atoms with Gasteiger partial charge in [-0.3, -0.25) is 4.79 Å². The lowest BCUT2D eigenvalue weighted by Gasteiger charge is -2.00. The molecule has 0 spiro atoms. The minimum Gasteiger partial charge on any atom is -0.399 e. The van der Waals surface area contributed by atoms with Crippen LogP contribution in [0.4, 0.5) is 5.69 Å². The number of nitrogens with zero attached hydrogens (tertiary/aromatic N) is 1. The fourth-order valence-corrected chi connectivity index (χ4v) is 1.65. The summed E-state index contributed by atoms with van der Waals surface area (Å²) in [5.41, 5.74) is 7.62. The van der Waals surface area contributed by atoms with E-state index in [-0.39, 0.29) is 11.4 Å². The molecule has 0 fully saturated rings. The molecule has 19 heavy (non-hydrogen) atoms. The molecule has 0 aliphatic rings. The number of carbonyl (C=O) groups excluding carboxylic acids is 1. The highest BCUT2D eigenvalue weighted by Crippen LogP contribution is 2.13. The average Bonchev–Trinajstić information content (AvgIpc) is 2.47. The van der Waals surface area contributed by atoms with Gasteiger partial charge in [-0.2, -0.15) is 5.26 Å². The molecule has 92 valence electrons. The Hall–Kier alpha value is -2.86. The molecular weight excluding hydrogens is 236 g/mol. The molecule has 0 radical (unpaired) electrons. The number of hydrogen-bond acceptors (Lipinski definition) is 3. The third-order valence-electron chi connectivity index (χ3n) is 2.65. The van der Waals surface area contributed by atoms with E-state index in [9.17, 15) is 4.79 Å². The minimum absolute atomic E-state index is 0.107. The molecule has 0 bridgehead atoms. The zero-order valence-corrected chi connectivity index (χ0v) is 10.2. The van der Waals surface area contributed by atoms with Crippen LogP contribution in [0.25, 0.3) is 6.08 Å². The van der Waals surface area contributed by atoms with Crippen LogP contribution in [-0.4, -0.2) is 5.78 Å². The molecule has 3 nitrogen and oxygen atoms in total. The number of nitrogens with two attached hydrogens (primary N) is 1. The zero-order valence-electron chi connectivity index (χ0n) is 10.2. The predicted molar refractivity (Wildman–Crippen MR) is 75.2 cm³/mol. The van der Waals surface area contributed by atoms with Gasteiger partial charge in [0.05, 0.1) is 0 Å².